The molecule has 1 heterocycles. The maximum absolute atomic E-state index is 11.9. The molecular weight excluding hydrogens is 206 g/mol. The molecule has 1 rings (SSSR count). The number of nitrogens with one attached hydrogen (secondary N) is 1. The van der Waals surface area contributed by atoms with E-state index in [-0.39, 0.29) is 24.5 Å². The SMILES string of the molecule is Cc1nn(C)cc1C(=O)NC(CO)C(C)C. The molecule has 1 amide bonds. The molecule has 1 unspecified atom stereocenters. The van der Waals surface area contributed by atoms with Gasteiger partial charge in [0.15, 0.2) is 0 Å². The number of amides is 1. The second kappa shape index (κ2) is 5.12. The largest absolute Gasteiger partial charge is 0.394 e. The van der Waals surface area contributed by atoms with Crippen molar-refractivity contribution in [2.45, 2.75) is 26.8 Å². The molecule has 5 heteroatoms. The van der Waals surface area contributed by atoms with Gasteiger partial charge in [-0.3, -0.25) is 9.48 Å². The quantitative estimate of drug-likeness (QED) is 0.783. The molecule has 5 nitrogen and oxygen atoms in total. The number of aryl methyl sites for hydroxylation is 2. The van der Waals surface area contributed by atoms with Crippen molar-refractivity contribution < 1.29 is 9.90 Å². The number of carbonyl (C=O) groups is 1. The predicted octanol–water partition coefficient (Wildman–Crippen LogP) is 0.475. The number of aromatic nitrogens is 2. The van der Waals surface area contributed by atoms with Gasteiger partial charge in [-0.25, -0.2) is 0 Å². The Morgan fingerprint density at radius 2 is 2.25 bits per heavy atom. The van der Waals surface area contributed by atoms with Gasteiger partial charge in [-0.15, -0.1) is 0 Å². The Morgan fingerprint density at radius 3 is 2.62 bits per heavy atom. The molecule has 0 aromatic carbocycles. The summed E-state index contributed by atoms with van der Waals surface area (Å²) in [4.78, 5) is 11.9. The fraction of sp³-hybridized carbons (Fsp3) is 0.636. The maximum atomic E-state index is 11.9. The molecule has 1 aromatic rings. The fourth-order valence-corrected chi connectivity index (χ4v) is 1.49. The standard InChI is InChI=1S/C11H19N3O2/c1-7(2)10(6-15)12-11(16)9-5-14(4)13-8(9)3/h5,7,10,15H,6H2,1-4H3,(H,12,16). The van der Waals surface area contributed by atoms with Crippen molar-refractivity contribution in [3.05, 3.63) is 17.5 Å². The lowest BCUT2D eigenvalue weighted by molar-refractivity contribution is 0.0896. The summed E-state index contributed by atoms with van der Waals surface area (Å²) in [7, 11) is 1.77. The Balaban J connectivity index is 2.75. The topological polar surface area (TPSA) is 67.2 Å². The lowest BCUT2D eigenvalue weighted by Gasteiger charge is -2.19. The van der Waals surface area contributed by atoms with E-state index in [9.17, 15) is 4.79 Å². The van der Waals surface area contributed by atoms with E-state index in [0.29, 0.717) is 11.3 Å². The van der Waals surface area contributed by atoms with Crippen LogP contribution in [0.1, 0.15) is 29.9 Å². The van der Waals surface area contributed by atoms with Crippen LogP contribution < -0.4 is 5.32 Å². The maximum Gasteiger partial charge on any atom is 0.255 e. The van der Waals surface area contributed by atoms with Crippen molar-refractivity contribution in [2.24, 2.45) is 13.0 Å². The number of carbonyl (C=O) groups excluding carboxylic acids is 1. The van der Waals surface area contributed by atoms with Crippen LogP contribution in [0.2, 0.25) is 0 Å². The van der Waals surface area contributed by atoms with Crippen molar-refractivity contribution in [3.8, 4) is 0 Å². The Labute approximate surface area is 95.5 Å². The lowest BCUT2D eigenvalue weighted by Crippen LogP contribution is -2.41. The number of nitrogens with zero attached hydrogens (tertiary/aromatic N) is 2. The van der Waals surface area contributed by atoms with Crippen LogP contribution in [0.15, 0.2) is 6.20 Å². The van der Waals surface area contributed by atoms with Crippen molar-refractivity contribution in [2.75, 3.05) is 6.61 Å². The highest BCUT2D eigenvalue weighted by Gasteiger charge is 2.18. The van der Waals surface area contributed by atoms with E-state index >= 15 is 0 Å². The van der Waals surface area contributed by atoms with Crippen molar-refractivity contribution in [1.82, 2.24) is 15.1 Å². The molecular formula is C11H19N3O2. The molecule has 0 radical (unpaired) electrons. The summed E-state index contributed by atoms with van der Waals surface area (Å²) in [5.74, 6) is 0.0178. The van der Waals surface area contributed by atoms with Crippen LogP contribution >= 0.6 is 0 Å². The zero-order chi connectivity index (χ0) is 12.3. The van der Waals surface area contributed by atoms with Gasteiger partial charge in [-0.2, -0.15) is 5.10 Å². The average molecular weight is 225 g/mol. The summed E-state index contributed by atoms with van der Waals surface area (Å²) in [6, 6.07) is -0.216. The average Bonchev–Trinajstić information content (AvgIpc) is 2.53. The van der Waals surface area contributed by atoms with E-state index in [0.717, 1.165) is 0 Å². The third-order valence-electron chi connectivity index (χ3n) is 2.58. The second-order valence-corrected chi connectivity index (χ2v) is 4.31. The molecule has 16 heavy (non-hydrogen) atoms. The molecule has 90 valence electrons. The van der Waals surface area contributed by atoms with E-state index in [1.54, 1.807) is 24.9 Å². The van der Waals surface area contributed by atoms with Gasteiger partial charge in [0.1, 0.15) is 0 Å². The molecule has 0 saturated carbocycles. The Bertz CT molecular complexity index is 371. The minimum absolute atomic E-state index is 0.0529. The number of hydrogen-bond donors (Lipinski definition) is 2. The predicted molar refractivity (Wildman–Crippen MR) is 61.1 cm³/mol. The highest BCUT2D eigenvalue weighted by molar-refractivity contribution is 5.95. The number of aliphatic hydroxyl groups excluding tert-OH is 1. The third-order valence-corrected chi connectivity index (χ3v) is 2.58. The van der Waals surface area contributed by atoms with Gasteiger partial charge in [0, 0.05) is 13.2 Å². The zero-order valence-electron chi connectivity index (χ0n) is 10.2. The fourth-order valence-electron chi connectivity index (χ4n) is 1.49. The molecule has 1 aromatic heterocycles. The van der Waals surface area contributed by atoms with Crippen molar-refractivity contribution >= 4 is 5.91 Å². The molecule has 2 N–H and O–H groups in total. The first-order valence-corrected chi connectivity index (χ1v) is 5.37. The van der Waals surface area contributed by atoms with Crippen LogP contribution in [0.4, 0.5) is 0 Å². The van der Waals surface area contributed by atoms with Crippen LogP contribution in [-0.4, -0.2) is 33.4 Å². The van der Waals surface area contributed by atoms with Crippen LogP contribution in [0, 0.1) is 12.8 Å². The van der Waals surface area contributed by atoms with E-state index in [1.165, 1.54) is 0 Å². The highest BCUT2D eigenvalue weighted by Crippen LogP contribution is 2.07. The van der Waals surface area contributed by atoms with Crippen LogP contribution in [-0.2, 0) is 7.05 Å². The first-order valence-electron chi connectivity index (χ1n) is 5.37. The van der Waals surface area contributed by atoms with Crippen molar-refractivity contribution in [1.29, 1.82) is 0 Å². The zero-order valence-corrected chi connectivity index (χ0v) is 10.2. The van der Waals surface area contributed by atoms with Gasteiger partial charge in [-0.05, 0) is 12.8 Å². The highest BCUT2D eigenvalue weighted by atomic mass is 16.3. The normalized spacial score (nSPS) is 12.9. The molecule has 0 aliphatic carbocycles. The van der Waals surface area contributed by atoms with Gasteiger partial charge in [0.25, 0.3) is 5.91 Å². The summed E-state index contributed by atoms with van der Waals surface area (Å²) in [5, 5.41) is 16.0. The van der Waals surface area contributed by atoms with Gasteiger partial charge < -0.3 is 10.4 Å². The minimum Gasteiger partial charge on any atom is -0.394 e. The van der Waals surface area contributed by atoms with E-state index in [1.807, 2.05) is 13.8 Å². The molecule has 0 aliphatic rings. The van der Waals surface area contributed by atoms with Gasteiger partial charge in [0.2, 0.25) is 0 Å². The van der Waals surface area contributed by atoms with Gasteiger partial charge in [0.05, 0.1) is 23.9 Å². The van der Waals surface area contributed by atoms with Gasteiger partial charge >= 0.3 is 0 Å². The minimum atomic E-state index is -0.216. The van der Waals surface area contributed by atoms with Crippen molar-refractivity contribution in [3.63, 3.8) is 0 Å². The Kier molecular flexibility index (Phi) is 4.06. The Morgan fingerprint density at radius 1 is 1.62 bits per heavy atom. The van der Waals surface area contributed by atoms with E-state index in [2.05, 4.69) is 10.4 Å². The van der Waals surface area contributed by atoms with Crippen LogP contribution in [0.25, 0.3) is 0 Å². The smallest absolute Gasteiger partial charge is 0.255 e. The first kappa shape index (κ1) is 12.7. The molecule has 1 atom stereocenters. The number of aliphatic hydroxyl groups is 1. The first-order chi connectivity index (χ1) is 7.45. The molecule has 0 spiro atoms. The van der Waals surface area contributed by atoms with Crippen LogP contribution in [0.3, 0.4) is 0 Å². The second-order valence-electron chi connectivity index (χ2n) is 4.31. The number of hydrogen-bond acceptors (Lipinski definition) is 3. The lowest BCUT2D eigenvalue weighted by atomic mass is 10.1. The summed E-state index contributed by atoms with van der Waals surface area (Å²) in [5.41, 5.74) is 1.25. The third kappa shape index (κ3) is 2.82. The van der Waals surface area contributed by atoms with E-state index < -0.39 is 0 Å². The number of rotatable bonds is 4. The van der Waals surface area contributed by atoms with Crippen LogP contribution in [0.5, 0.6) is 0 Å². The monoisotopic (exact) mass is 225 g/mol. The summed E-state index contributed by atoms with van der Waals surface area (Å²) in [6.07, 6.45) is 1.68. The molecule has 0 bridgehead atoms. The van der Waals surface area contributed by atoms with E-state index in [4.69, 9.17) is 5.11 Å². The molecule has 0 saturated heterocycles. The molecule has 0 aliphatic heterocycles. The summed E-state index contributed by atoms with van der Waals surface area (Å²) < 4.78 is 1.60. The summed E-state index contributed by atoms with van der Waals surface area (Å²) >= 11 is 0. The molecule has 0 fully saturated rings. The Hall–Kier alpha value is -1.36. The van der Waals surface area contributed by atoms with Gasteiger partial charge in [-0.1, -0.05) is 13.8 Å². The summed E-state index contributed by atoms with van der Waals surface area (Å²) in [6.45, 7) is 5.65.